The molecule has 0 N–H and O–H groups in total. The van der Waals surface area contributed by atoms with Gasteiger partial charge in [0.15, 0.2) is 0 Å². The highest BCUT2D eigenvalue weighted by atomic mass is 16.5. The summed E-state index contributed by atoms with van der Waals surface area (Å²) in [6.45, 7) is 4.59. The molecule has 0 radical (unpaired) electrons. The first-order chi connectivity index (χ1) is 14.2. The number of carbonyl (C=O) groups excluding carboxylic acids is 1. The summed E-state index contributed by atoms with van der Waals surface area (Å²) in [6.07, 6.45) is 1.74. The number of esters is 1. The topological polar surface area (TPSA) is 53.4 Å². The maximum atomic E-state index is 12.6. The van der Waals surface area contributed by atoms with E-state index in [9.17, 15) is 4.79 Å². The molecule has 4 rings (SSSR count). The summed E-state index contributed by atoms with van der Waals surface area (Å²) in [5.74, 6) is 1.05. The first kappa shape index (κ1) is 18.7. The third kappa shape index (κ3) is 3.99. The lowest BCUT2D eigenvalue weighted by molar-refractivity contribution is 0.0517. The molecule has 0 atom stereocenters. The molecular formula is C24H22N2O3. The number of benzene rings is 2. The van der Waals surface area contributed by atoms with Crippen LogP contribution in [0.4, 0.5) is 0 Å². The van der Waals surface area contributed by atoms with Crippen molar-refractivity contribution in [3.8, 4) is 11.6 Å². The second kappa shape index (κ2) is 8.19. The van der Waals surface area contributed by atoms with Crippen LogP contribution in [0.3, 0.4) is 0 Å². The van der Waals surface area contributed by atoms with Gasteiger partial charge in [-0.1, -0.05) is 30.3 Å². The summed E-state index contributed by atoms with van der Waals surface area (Å²) in [7, 11) is 0. The van der Waals surface area contributed by atoms with Gasteiger partial charge in [-0.3, -0.25) is 4.57 Å². The lowest BCUT2D eigenvalue weighted by atomic mass is 10.2. The van der Waals surface area contributed by atoms with Gasteiger partial charge in [-0.15, -0.1) is 0 Å². The summed E-state index contributed by atoms with van der Waals surface area (Å²) in [5.41, 5.74) is 3.48. The van der Waals surface area contributed by atoms with Gasteiger partial charge in [-0.05, 0) is 61.4 Å². The zero-order chi connectivity index (χ0) is 20.2. The minimum Gasteiger partial charge on any atom is -0.489 e. The number of nitrogens with zero attached hydrogens (tertiary/aromatic N) is 2. The number of hydrogen-bond acceptors (Lipinski definition) is 4. The molecular weight excluding hydrogens is 364 g/mol. The molecule has 0 amide bonds. The van der Waals surface area contributed by atoms with E-state index in [0.717, 1.165) is 27.8 Å². The summed E-state index contributed by atoms with van der Waals surface area (Å²) in [4.78, 5) is 17.0. The average Bonchev–Trinajstić information content (AvgIpc) is 3.12. The Morgan fingerprint density at radius 2 is 1.86 bits per heavy atom. The fraction of sp³-hybridized carbons (Fsp3) is 0.167. The molecule has 0 saturated heterocycles. The third-order valence-electron chi connectivity index (χ3n) is 4.64. The quantitative estimate of drug-likeness (QED) is 0.433. The Balaban J connectivity index is 1.74. The van der Waals surface area contributed by atoms with Gasteiger partial charge in [-0.25, -0.2) is 9.78 Å². The van der Waals surface area contributed by atoms with Crippen LogP contribution in [0.15, 0.2) is 72.9 Å². The normalized spacial score (nSPS) is 10.8. The Morgan fingerprint density at radius 3 is 2.62 bits per heavy atom. The molecule has 5 nitrogen and oxygen atoms in total. The van der Waals surface area contributed by atoms with Crippen LogP contribution < -0.4 is 4.74 Å². The van der Waals surface area contributed by atoms with E-state index in [1.165, 1.54) is 0 Å². The Hall–Kier alpha value is -3.60. The number of aryl methyl sites for hydroxylation is 1. The van der Waals surface area contributed by atoms with Gasteiger partial charge >= 0.3 is 5.97 Å². The van der Waals surface area contributed by atoms with Gasteiger partial charge in [-0.2, -0.15) is 0 Å². The van der Waals surface area contributed by atoms with Crippen molar-refractivity contribution in [1.29, 1.82) is 0 Å². The highest BCUT2D eigenvalue weighted by Gasteiger charge is 2.19. The summed E-state index contributed by atoms with van der Waals surface area (Å²) in [5, 5.41) is 0.891. The van der Waals surface area contributed by atoms with E-state index in [1.54, 1.807) is 13.1 Å². The van der Waals surface area contributed by atoms with Gasteiger partial charge in [0.05, 0.1) is 12.1 Å². The predicted molar refractivity (Wildman–Crippen MR) is 113 cm³/mol. The minimum absolute atomic E-state index is 0.313. The van der Waals surface area contributed by atoms with Crippen LogP contribution in [0.1, 0.15) is 28.5 Å². The SMILES string of the molecule is CCOC(=O)c1cc2cc(OCc3ccccc3)ccc2n1-c1cc(C)ccn1. The predicted octanol–water partition coefficient (Wildman–Crippen LogP) is 5.09. The number of carbonyl (C=O) groups is 1. The van der Waals surface area contributed by atoms with Crippen LogP contribution in [0.25, 0.3) is 16.7 Å². The Labute approximate surface area is 169 Å². The first-order valence-corrected chi connectivity index (χ1v) is 9.58. The average molecular weight is 386 g/mol. The third-order valence-corrected chi connectivity index (χ3v) is 4.64. The molecule has 2 aromatic heterocycles. The fourth-order valence-corrected chi connectivity index (χ4v) is 3.27. The molecule has 0 aliphatic rings. The number of ether oxygens (including phenoxy) is 2. The first-order valence-electron chi connectivity index (χ1n) is 9.58. The van der Waals surface area contributed by atoms with Crippen LogP contribution >= 0.6 is 0 Å². The van der Waals surface area contributed by atoms with Crippen LogP contribution in [-0.4, -0.2) is 22.1 Å². The van der Waals surface area contributed by atoms with Crippen molar-refractivity contribution >= 4 is 16.9 Å². The maximum absolute atomic E-state index is 12.6. The summed E-state index contributed by atoms with van der Waals surface area (Å²) >= 11 is 0. The number of pyridine rings is 1. The number of fused-ring (bicyclic) bond motifs is 1. The maximum Gasteiger partial charge on any atom is 0.355 e. The zero-order valence-electron chi connectivity index (χ0n) is 16.5. The van der Waals surface area contributed by atoms with Crippen molar-refractivity contribution < 1.29 is 14.3 Å². The van der Waals surface area contributed by atoms with Crippen LogP contribution in [0.5, 0.6) is 5.75 Å². The van der Waals surface area contributed by atoms with Crippen LogP contribution in [-0.2, 0) is 11.3 Å². The van der Waals surface area contributed by atoms with E-state index < -0.39 is 0 Å². The fourth-order valence-electron chi connectivity index (χ4n) is 3.27. The molecule has 0 unspecified atom stereocenters. The molecule has 2 heterocycles. The molecule has 146 valence electrons. The van der Waals surface area contributed by atoms with Crippen molar-refractivity contribution in [3.63, 3.8) is 0 Å². The van der Waals surface area contributed by atoms with Crippen molar-refractivity contribution in [3.05, 3.63) is 89.7 Å². The Bertz CT molecular complexity index is 1150. The largest absolute Gasteiger partial charge is 0.489 e. The molecule has 0 saturated carbocycles. The second-order valence-corrected chi connectivity index (χ2v) is 6.77. The van der Waals surface area contributed by atoms with E-state index in [0.29, 0.717) is 24.7 Å². The summed E-state index contributed by atoms with van der Waals surface area (Å²) < 4.78 is 13.0. The number of hydrogen-bond donors (Lipinski definition) is 0. The molecule has 2 aromatic carbocycles. The van der Waals surface area contributed by atoms with E-state index in [-0.39, 0.29) is 5.97 Å². The van der Waals surface area contributed by atoms with Crippen LogP contribution in [0.2, 0.25) is 0 Å². The summed E-state index contributed by atoms with van der Waals surface area (Å²) in [6, 6.07) is 21.5. The Kier molecular flexibility index (Phi) is 5.29. The van der Waals surface area contributed by atoms with Crippen molar-refractivity contribution in [2.45, 2.75) is 20.5 Å². The molecule has 29 heavy (non-hydrogen) atoms. The lowest BCUT2D eigenvalue weighted by Gasteiger charge is -2.10. The second-order valence-electron chi connectivity index (χ2n) is 6.77. The highest BCUT2D eigenvalue weighted by molar-refractivity contribution is 5.97. The minimum atomic E-state index is -0.376. The zero-order valence-corrected chi connectivity index (χ0v) is 16.5. The number of rotatable bonds is 6. The van der Waals surface area contributed by atoms with E-state index in [2.05, 4.69) is 4.98 Å². The van der Waals surface area contributed by atoms with Gasteiger partial charge < -0.3 is 9.47 Å². The van der Waals surface area contributed by atoms with Gasteiger partial charge in [0.1, 0.15) is 23.9 Å². The smallest absolute Gasteiger partial charge is 0.355 e. The molecule has 0 spiro atoms. The molecule has 0 aliphatic heterocycles. The van der Waals surface area contributed by atoms with Gasteiger partial charge in [0.25, 0.3) is 0 Å². The molecule has 0 aliphatic carbocycles. The molecule has 0 bridgehead atoms. The molecule has 5 heteroatoms. The van der Waals surface area contributed by atoms with Crippen LogP contribution in [0, 0.1) is 6.92 Å². The standard InChI is InChI=1S/C24H22N2O3/c1-3-28-24(27)22-15-19-14-20(29-16-18-7-5-4-6-8-18)9-10-21(19)26(22)23-13-17(2)11-12-25-23/h4-15H,3,16H2,1-2H3. The van der Waals surface area contributed by atoms with Crippen molar-refractivity contribution in [2.75, 3.05) is 6.61 Å². The van der Waals surface area contributed by atoms with Gasteiger partial charge in [0.2, 0.25) is 0 Å². The lowest BCUT2D eigenvalue weighted by Crippen LogP contribution is -2.11. The van der Waals surface area contributed by atoms with E-state index in [4.69, 9.17) is 9.47 Å². The van der Waals surface area contributed by atoms with E-state index in [1.807, 2.05) is 78.2 Å². The van der Waals surface area contributed by atoms with E-state index >= 15 is 0 Å². The van der Waals surface area contributed by atoms with Gasteiger partial charge in [0, 0.05) is 11.6 Å². The Morgan fingerprint density at radius 1 is 1.03 bits per heavy atom. The number of aromatic nitrogens is 2. The van der Waals surface area contributed by atoms with Crippen molar-refractivity contribution in [1.82, 2.24) is 9.55 Å². The molecule has 4 aromatic rings. The van der Waals surface area contributed by atoms with Crippen molar-refractivity contribution in [2.24, 2.45) is 0 Å². The molecule has 0 fully saturated rings. The highest BCUT2D eigenvalue weighted by Crippen LogP contribution is 2.28. The monoisotopic (exact) mass is 386 g/mol.